The fraction of sp³-hybridized carbons (Fsp3) is 0.300. The molecule has 4 rings (SSSR count). The monoisotopic (exact) mass is 335 g/mol. The Kier molecular flexibility index (Phi) is 4.24. The number of hydrogen-bond donors (Lipinski definition) is 1. The van der Waals surface area contributed by atoms with E-state index in [2.05, 4.69) is 10.1 Å². The molecule has 0 bridgehead atoms. The van der Waals surface area contributed by atoms with Gasteiger partial charge in [0.15, 0.2) is 5.82 Å². The molecule has 0 radical (unpaired) electrons. The molecule has 0 aliphatic heterocycles. The Morgan fingerprint density at radius 3 is 2.60 bits per heavy atom. The van der Waals surface area contributed by atoms with Crippen LogP contribution in [0, 0.1) is 0 Å². The van der Waals surface area contributed by atoms with E-state index in [1.165, 1.54) is 0 Å². The molecule has 0 saturated heterocycles. The van der Waals surface area contributed by atoms with Crippen LogP contribution >= 0.6 is 0 Å². The van der Waals surface area contributed by atoms with E-state index in [1.54, 1.807) is 11.0 Å². The molecule has 1 aliphatic carbocycles. The maximum atomic E-state index is 10.3. The number of nitrogens with zero attached hydrogens (tertiary/aromatic N) is 3. The Hall–Kier alpha value is -2.66. The topological polar surface area (TPSA) is 60.2 Å². The maximum absolute atomic E-state index is 10.3. The number of benzene rings is 2. The van der Waals surface area contributed by atoms with Gasteiger partial charge in [-0.2, -0.15) is 5.10 Å². The summed E-state index contributed by atoms with van der Waals surface area (Å²) in [5, 5.41) is 14.8. The fourth-order valence-corrected chi connectivity index (χ4v) is 2.98. The van der Waals surface area contributed by atoms with E-state index in [0.717, 1.165) is 36.1 Å². The zero-order valence-electron chi connectivity index (χ0n) is 14.0. The molecule has 3 aromatic rings. The van der Waals surface area contributed by atoms with Gasteiger partial charge in [0.25, 0.3) is 0 Å². The molecule has 1 heterocycles. The van der Waals surface area contributed by atoms with Crippen LogP contribution in [0.4, 0.5) is 0 Å². The number of aliphatic hydroxyl groups is 1. The third kappa shape index (κ3) is 3.56. The van der Waals surface area contributed by atoms with Crippen molar-refractivity contribution in [2.45, 2.75) is 38.0 Å². The minimum atomic E-state index is -0.814. The first-order chi connectivity index (χ1) is 12.2. The Balaban J connectivity index is 1.41. The molecule has 0 atom stereocenters. The molecule has 5 heteroatoms. The lowest BCUT2D eigenvalue weighted by Gasteiger charge is -2.33. The van der Waals surface area contributed by atoms with Crippen LogP contribution < -0.4 is 4.74 Å². The standard InChI is InChI=1S/C20H21N3O2/c24-20(10-5-11-20)19-21-15-23(22-19)13-17-8-4-9-18(12-17)25-14-16-6-2-1-3-7-16/h1-4,6-9,12,15,24H,5,10-11,13-14H2. The second-order valence-electron chi connectivity index (χ2n) is 6.57. The molecule has 5 nitrogen and oxygen atoms in total. The first-order valence-corrected chi connectivity index (χ1v) is 8.59. The summed E-state index contributed by atoms with van der Waals surface area (Å²) in [4.78, 5) is 4.28. The van der Waals surface area contributed by atoms with Gasteiger partial charge in [-0.3, -0.25) is 0 Å². The lowest BCUT2D eigenvalue weighted by Crippen LogP contribution is -2.35. The van der Waals surface area contributed by atoms with Gasteiger partial charge in [-0.1, -0.05) is 42.5 Å². The largest absolute Gasteiger partial charge is 0.489 e. The molecule has 0 unspecified atom stereocenters. The van der Waals surface area contributed by atoms with Gasteiger partial charge in [-0.05, 0) is 42.5 Å². The molecule has 2 aromatic carbocycles. The highest BCUT2D eigenvalue weighted by molar-refractivity contribution is 5.29. The fourth-order valence-electron chi connectivity index (χ4n) is 2.98. The van der Waals surface area contributed by atoms with E-state index in [1.807, 2.05) is 54.6 Å². The predicted molar refractivity (Wildman–Crippen MR) is 94.1 cm³/mol. The Morgan fingerprint density at radius 1 is 1.04 bits per heavy atom. The Bertz CT molecular complexity index is 841. The highest BCUT2D eigenvalue weighted by atomic mass is 16.5. The van der Waals surface area contributed by atoms with Crippen molar-refractivity contribution >= 4 is 0 Å². The molecule has 25 heavy (non-hydrogen) atoms. The molecule has 1 N–H and O–H groups in total. The normalized spacial score (nSPS) is 15.6. The molecule has 128 valence electrons. The van der Waals surface area contributed by atoms with E-state index >= 15 is 0 Å². The van der Waals surface area contributed by atoms with Gasteiger partial charge >= 0.3 is 0 Å². The van der Waals surface area contributed by atoms with Gasteiger partial charge in [-0.15, -0.1) is 0 Å². The van der Waals surface area contributed by atoms with Crippen LogP contribution in [0.25, 0.3) is 0 Å². The summed E-state index contributed by atoms with van der Waals surface area (Å²) in [5.41, 5.74) is 1.41. The smallest absolute Gasteiger partial charge is 0.182 e. The van der Waals surface area contributed by atoms with E-state index in [0.29, 0.717) is 19.0 Å². The minimum Gasteiger partial charge on any atom is -0.489 e. The van der Waals surface area contributed by atoms with Crippen LogP contribution in [0.3, 0.4) is 0 Å². The van der Waals surface area contributed by atoms with E-state index in [4.69, 9.17) is 4.74 Å². The second kappa shape index (κ2) is 6.69. The van der Waals surface area contributed by atoms with Crippen LogP contribution in [-0.4, -0.2) is 19.9 Å². The molecule has 1 fully saturated rings. The predicted octanol–water partition coefficient (Wildman–Crippen LogP) is 3.28. The molecule has 0 amide bonds. The first kappa shape index (κ1) is 15.8. The molecule has 1 saturated carbocycles. The highest BCUT2D eigenvalue weighted by Crippen LogP contribution is 2.38. The number of aromatic nitrogens is 3. The average molecular weight is 335 g/mol. The van der Waals surface area contributed by atoms with Gasteiger partial charge in [0.1, 0.15) is 24.3 Å². The number of rotatable bonds is 6. The summed E-state index contributed by atoms with van der Waals surface area (Å²) in [7, 11) is 0. The van der Waals surface area contributed by atoms with Gasteiger partial charge in [0.05, 0.1) is 6.54 Å². The van der Waals surface area contributed by atoms with Gasteiger partial charge in [0.2, 0.25) is 0 Å². The lowest BCUT2D eigenvalue weighted by atomic mass is 9.80. The van der Waals surface area contributed by atoms with Crippen LogP contribution in [0.1, 0.15) is 36.2 Å². The van der Waals surface area contributed by atoms with Crippen molar-refractivity contribution in [3.05, 3.63) is 77.9 Å². The zero-order chi connectivity index (χ0) is 17.1. The first-order valence-electron chi connectivity index (χ1n) is 8.59. The van der Waals surface area contributed by atoms with Crippen LogP contribution in [-0.2, 0) is 18.8 Å². The summed E-state index contributed by atoms with van der Waals surface area (Å²) in [6, 6.07) is 18.1. The number of ether oxygens (including phenoxy) is 1. The summed E-state index contributed by atoms with van der Waals surface area (Å²) < 4.78 is 7.64. The maximum Gasteiger partial charge on any atom is 0.182 e. The minimum absolute atomic E-state index is 0.537. The molecule has 0 spiro atoms. The quantitative estimate of drug-likeness (QED) is 0.751. The SMILES string of the molecule is OC1(c2ncn(Cc3cccc(OCc4ccccc4)c3)n2)CCC1. The van der Waals surface area contributed by atoms with Crippen molar-refractivity contribution in [2.24, 2.45) is 0 Å². The second-order valence-corrected chi connectivity index (χ2v) is 6.57. The summed E-state index contributed by atoms with van der Waals surface area (Å²) in [6.07, 6.45) is 4.22. The van der Waals surface area contributed by atoms with E-state index in [-0.39, 0.29) is 0 Å². The Morgan fingerprint density at radius 2 is 1.84 bits per heavy atom. The van der Waals surface area contributed by atoms with Gasteiger partial charge < -0.3 is 9.84 Å². The van der Waals surface area contributed by atoms with E-state index in [9.17, 15) is 5.11 Å². The lowest BCUT2D eigenvalue weighted by molar-refractivity contribution is -0.0467. The summed E-state index contributed by atoms with van der Waals surface area (Å²) >= 11 is 0. The van der Waals surface area contributed by atoms with Crippen molar-refractivity contribution in [1.29, 1.82) is 0 Å². The Labute approximate surface area is 146 Å². The molecule has 1 aliphatic rings. The van der Waals surface area contributed by atoms with E-state index < -0.39 is 5.60 Å². The highest BCUT2D eigenvalue weighted by Gasteiger charge is 2.39. The summed E-state index contributed by atoms with van der Waals surface area (Å²) in [6.45, 7) is 1.15. The third-order valence-corrected chi connectivity index (χ3v) is 4.62. The van der Waals surface area contributed by atoms with Crippen LogP contribution in [0.5, 0.6) is 5.75 Å². The van der Waals surface area contributed by atoms with Crippen LogP contribution in [0.2, 0.25) is 0 Å². The zero-order valence-corrected chi connectivity index (χ0v) is 14.0. The summed E-state index contributed by atoms with van der Waals surface area (Å²) in [5.74, 6) is 1.37. The van der Waals surface area contributed by atoms with Crippen molar-refractivity contribution in [1.82, 2.24) is 14.8 Å². The van der Waals surface area contributed by atoms with Crippen molar-refractivity contribution in [3.63, 3.8) is 0 Å². The van der Waals surface area contributed by atoms with Gasteiger partial charge in [-0.25, -0.2) is 9.67 Å². The van der Waals surface area contributed by atoms with Crippen molar-refractivity contribution in [2.75, 3.05) is 0 Å². The number of hydrogen-bond acceptors (Lipinski definition) is 4. The van der Waals surface area contributed by atoms with Gasteiger partial charge in [0, 0.05) is 0 Å². The average Bonchev–Trinajstić information content (AvgIpc) is 3.08. The van der Waals surface area contributed by atoms with Crippen molar-refractivity contribution < 1.29 is 9.84 Å². The molecule has 1 aromatic heterocycles. The van der Waals surface area contributed by atoms with Crippen molar-refractivity contribution in [3.8, 4) is 5.75 Å². The molecular weight excluding hydrogens is 314 g/mol. The molecular formula is C20H21N3O2. The van der Waals surface area contributed by atoms with Crippen LogP contribution in [0.15, 0.2) is 60.9 Å². The third-order valence-electron chi connectivity index (χ3n) is 4.62.